The molecule has 0 saturated heterocycles. The predicted molar refractivity (Wildman–Crippen MR) is 446 cm³/mol. The number of hydrogen-bond donors (Lipinski definition) is 0. The van der Waals surface area contributed by atoms with Crippen molar-refractivity contribution in [3.05, 3.63) is 351 Å². The second kappa shape index (κ2) is 37.9. The smallest absolute Gasteiger partial charge is 0.503 e. The van der Waals surface area contributed by atoms with Gasteiger partial charge in [-0.1, -0.05) is 66.2 Å². The van der Waals surface area contributed by atoms with E-state index in [4.69, 9.17) is 18.9 Å². The molecule has 19 aromatic rings. The fourth-order valence-electron chi connectivity index (χ4n) is 12.8. The molecular formula is C93H62N15O4Pt4S2+. The van der Waals surface area contributed by atoms with Gasteiger partial charge in [-0.05, 0) is 91.7 Å². The maximum Gasteiger partial charge on any atom is 2.00 e. The van der Waals surface area contributed by atoms with E-state index in [0.717, 1.165) is 112 Å². The number of aryl methyl sites for hydroxylation is 1. The molecule has 11 aromatic heterocycles. The summed E-state index contributed by atoms with van der Waals surface area (Å²) in [5.41, 5.74) is 16.2. The molecule has 8 aromatic carbocycles. The Kier molecular flexibility index (Phi) is 26.5. The molecule has 0 saturated carbocycles. The zero-order valence-electron chi connectivity index (χ0n) is 62.5. The average molecular weight is 2300 g/mol. The Balaban J connectivity index is 0.000000128. The van der Waals surface area contributed by atoms with Crippen LogP contribution in [-0.2, 0) is 91.3 Å². The molecule has 0 fully saturated rings. The molecule has 2 aliphatic heterocycles. The number of thiazole rings is 1. The fourth-order valence-corrected chi connectivity index (χ4v) is 14.7. The number of rotatable bonds is 16. The van der Waals surface area contributed by atoms with Gasteiger partial charge in [0, 0.05) is 130 Å². The van der Waals surface area contributed by atoms with E-state index in [1.165, 1.54) is 4.01 Å². The second-order valence-corrected chi connectivity index (χ2v) is 28.3. The van der Waals surface area contributed by atoms with Crippen LogP contribution in [-0.4, -0.2) is 88.1 Å². The van der Waals surface area contributed by atoms with E-state index in [-0.39, 0.29) is 96.6 Å². The molecular weight excluding hydrogens is 2240 g/mol. The van der Waals surface area contributed by atoms with Crippen molar-refractivity contribution >= 4 is 79.1 Å². The van der Waals surface area contributed by atoms with Gasteiger partial charge in [0.25, 0.3) is 0 Å². The van der Waals surface area contributed by atoms with Gasteiger partial charge >= 0.3 is 84.3 Å². The minimum Gasteiger partial charge on any atom is -0.503 e. The molecule has 0 spiro atoms. The topological polar surface area (TPSA) is 177 Å². The number of aromatic nitrogens is 11. The van der Waals surface area contributed by atoms with E-state index in [2.05, 4.69) is 103 Å². The van der Waals surface area contributed by atoms with E-state index in [1.807, 2.05) is 330 Å². The third-order valence-corrected chi connectivity index (χ3v) is 20.3. The Hall–Kier alpha value is -12.0. The maximum absolute atomic E-state index is 6.07. The Bertz CT molecular complexity index is 6690. The van der Waals surface area contributed by atoms with Gasteiger partial charge in [-0.15, -0.1) is 184 Å². The second-order valence-electron chi connectivity index (χ2n) is 26.2. The van der Waals surface area contributed by atoms with Gasteiger partial charge in [-0.3, -0.25) is 39.9 Å². The van der Waals surface area contributed by atoms with Gasteiger partial charge in [0.2, 0.25) is 6.17 Å². The molecule has 0 radical (unpaired) electrons. The van der Waals surface area contributed by atoms with Crippen LogP contribution in [0.25, 0.3) is 99.1 Å². The first-order valence-corrected chi connectivity index (χ1v) is 37.9. The third-order valence-electron chi connectivity index (χ3n) is 18.1. The number of ether oxygens (including phenoxy) is 4. The van der Waals surface area contributed by atoms with E-state index in [1.54, 1.807) is 41.3 Å². The van der Waals surface area contributed by atoms with Crippen LogP contribution in [0.4, 0.5) is 0 Å². The molecule has 0 aliphatic carbocycles. The fraction of sp³-hybridized carbons (Fsp3) is 0.0538. The largest absolute Gasteiger partial charge is 2.00 e. The van der Waals surface area contributed by atoms with E-state index in [0.29, 0.717) is 46.0 Å². The Labute approximate surface area is 744 Å². The molecule has 0 amide bonds. The Morgan fingerprint density at radius 2 is 0.746 bits per heavy atom. The van der Waals surface area contributed by atoms with Crippen LogP contribution in [0.1, 0.15) is 30.4 Å². The number of pyridine rings is 4. The SMILES string of the molecule is CC1=NC(c2[c-]c(Oc3[c-]c(-c4cn5ccccc5n4)ccc3)ccc2)[N+](C)=C1.Cn1ccnc1-c1[c-]c(Oc2[c-]c(-c3cn4ccccc4n3)ccc2)ccc1.[Pt+2].[Pt+2].[Pt+2].[Pt+2].[c-]1c(Oc2[c-]c(-c3nc4ccsc4s3)ccc2)cccc1-c1cn2ccccc2n1.[c-]1c(Oc2[c-]c(C3N=CC=N3)ccc2)cccc1-c1cn2ccccc2n1. The first-order chi connectivity index (χ1) is 56.1. The number of aliphatic imine (C=N–C) groups is 3. The molecule has 13 heterocycles. The van der Waals surface area contributed by atoms with Crippen molar-refractivity contribution in [3.8, 4) is 113 Å². The summed E-state index contributed by atoms with van der Waals surface area (Å²) in [6.07, 6.45) is 24.6. The van der Waals surface area contributed by atoms with Crippen LogP contribution in [0.15, 0.2) is 307 Å². The van der Waals surface area contributed by atoms with Crippen LogP contribution in [0, 0.1) is 48.5 Å². The average Bonchev–Trinajstić information content (AvgIpc) is 1.64. The summed E-state index contributed by atoms with van der Waals surface area (Å²) < 4.78 is 37.3. The minimum absolute atomic E-state index is 0. The first-order valence-electron chi connectivity index (χ1n) is 36.2. The molecule has 0 bridgehead atoms. The summed E-state index contributed by atoms with van der Waals surface area (Å²) in [6, 6.07) is 98.5. The summed E-state index contributed by atoms with van der Waals surface area (Å²) >= 11 is 3.38. The van der Waals surface area contributed by atoms with E-state index in [9.17, 15) is 0 Å². The number of thiophene rings is 1. The molecule has 0 N–H and O–H groups in total. The summed E-state index contributed by atoms with van der Waals surface area (Å²) in [7, 11) is 3.97. The van der Waals surface area contributed by atoms with Gasteiger partial charge < -0.3 is 41.1 Å². The molecule has 118 heavy (non-hydrogen) atoms. The monoisotopic (exact) mass is 2300 g/mol. The zero-order valence-corrected chi connectivity index (χ0v) is 73.2. The Morgan fingerprint density at radius 3 is 1.13 bits per heavy atom. The molecule has 584 valence electrons. The number of nitrogens with zero attached hydrogens (tertiary/aromatic N) is 15. The zero-order chi connectivity index (χ0) is 76.7. The summed E-state index contributed by atoms with van der Waals surface area (Å²) in [5, 5.41) is 3.01. The van der Waals surface area contributed by atoms with Crippen LogP contribution in [0.2, 0.25) is 0 Å². The van der Waals surface area contributed by atoms with Gasteiger partial charge in [0.15, 0.2) is 6.21 Å². The maximum atomic E-state index is 6.07. The van der Waals surface area contributed by atoms with Crippen molar-refractivity contribution in [1.29, 1.82) is 0 Å². The summed E-state index contributed by atoms with van der Waals surface area (Å²) in [5.74, 6) is 5.80. The number of imidazole rings is 5. The van der Waals surface area contributed by atoms with E-state index >= 15 is 0 Å². The molecule has 21 rings (SSSR count). The van der Waals surface area contributed by atoms with Gasteiger partial charge in [-0.25, -0.2) is 9.57 Å². The molecule has 25 heteroatoms. The van der Waals surface area contributed by atoms with Crippen LogP contribution in [0.5, 0.6) is 46.0 Å². The molecule has 1 atom stereocenters. The van der Waals surface area contributed by atoms with Crippen molar-refractivity contribution < 1.29 is 108 Å². The minimum atomic E-state index is -0.234. The molecule has 1 unspecified atom stereocenters. The summed E-state index contributed by atoms with van der Waals surface area (Å²) in [6.45, 7) is 2.00. The van der Waals surface area contributed by atoms with Crippen LogP contribution < -0.4 is 18.9 Å². The quantitative estimate of drug-likeness (QED) is 0.0668. The predicted octanol–water partition coefficient (Wildman–Crippen LogP) is 20.6. The first kappa shape index (κ1) is 82.5. The van der Waals surface area contributed by atoms with Gasteiger partial charge in [-0.2, -0.15) is 35.6 Å². The third kappa shape index (κ3) is 19.3. The molecule has 19 nitrogen and oxygen atoms in total. The van der Waals surface area contributed by atoms with Gasteiger partial charge in [0.05, 0.1) is 15.4 Å². The summed E-state index contributed by atoms with van der Waals surface area (Å²) in [4.78, 5) is 40.9. The Morgan fingerprint density at radius 1 is 0.381 bits per heavy atom. The van der Waals surface area contributed by atoms with E-state index < -0.39 is 0 Å². The van der Waals surface area contributed by atoms with Crippen molar-refractivity contribution in [2.45, 2.75) is 19.3 Å². The van der Waals surface area contributed by atoms with Crippen molar-refractivity contribution in [2.75, 3.05) is 7.05 Å². The van der Waals surface area contributed by atoms with Crippen LogP contribution in [0.3, 0.4) is 0 Å². The normalized spacial score (nSPS) is 12.5. The van der Waals surface area contributed by atoms with Crippen molar-refractivity contribution in [2.24, 2.45) is 22.0 Å². The standard InChI is InChI=1S/C24H19N4O.C24H13N3OS2.C23H16N4O.C22H14N4O.4Pt/c1-17-15-27(2)24(25-17)19-8-6-10-21(14-19)29-20-9-5-7-18(13-20)22-16-28-12-4-3-11-23(28)26-22;1-2-11-27-15-21(25-22(27)9-1)16-5-3-7-18(13-16)28-19-8-4-6-17(14-19)23-26-20-10-12-29-24(20)30-23;1-26-13-11-24-23(26)18-7-5-9-20(15-18)28-19-8-4-6-17(14-19)21-16-27-12-3-2-10-22(27)25-21;1-2-12-26-15-20(25-21(26)9-1)16-5-3-7-18(13-16)27-19-8-4-6-17(14-19)22-23-10-11-24-22;;;;/h3-12,15-16,24H,1-2H3;1-12,15H;2-13,16H,1H3;1-12,15,22H;;;;/q-1;3*-2;4*+2. The molecule has 2 aliphatic rings. The van der Waals surface area contributed by atoms with Crippen LogP contribution >= 0.6 is 22.7 Å². The van der Waals surface area contributed by atoms with Crippen molar-refractivity contribution in [1.82, 2.24) is 52.1 Å². The number of hydrogen-bond acceptors (Lipinski definition) is 15. The number of benzene rings is 8. The van der Waals surface area contributed by atoms with Crippen molar-refractivity contribution in [3.63, 3.8) is 0 Å². The van der Waals surface area contributed by atoms with Gasteiger partial charge in [0.1, 0.15) is 41.5 Å². The number of fused-ring (bicyclic) bond motifs is 5.